The van der Waals surface area contributed by atoms with Gasteiger partial charge in [0.2, 0.25) is 0 Å². The van der Waals surface area contributed by atoms with Gasteiger partial charge in [0.25, 0.3) is 13.1 Å². The van der Waals surface area contributed by atoms with Crippen LogP contribution < -0.4 is 10.1 Å². The van der Waals surface area contributed by atoms with E-state index in [4.69, 9.17) is 0 Å². The van der Waals surface area contributed by atoms with Crippen molar-refractivity contribution < 1.29 is 9.72 Å². The van der Waals surface area contributed by atoms with Crippen molar-refractivity contribution in [2.75, 3.05) is 18.0 Å². The number of rotatable bonds is 5. The zero-order valence-corrected chi connectivity index (χ0v) is 10.5. The maximum Gasteiger partial charge on any atom is 0.290 e. The summed E-state index contributed by atoms with van der Waals surface area (Å²) < 4.78 is 0. The summed E-state index contributed by atoms with van der Waals surface area (Å²) in [5.74, 6) is 0. The summed E-state index contributed by atoms with van der Waals surface area (Å²) in [4.78, 5) is 22.6. The number of piperidine rings is 1. The lowest BCUT2D eigenvalue weighted by molar-refractivity contribution is -0.384. The molecule has 19 heavy (non-hydrogen) atoms. The van der Waals surface area contributed by atoms with E-state index in [0.717, 1.165) is 37.8 Å². The lowest BCUT2D eigenvalue weighted by atomic mass is 9.93. The Labute approximate surface area is 112 Å². The van der Waals surface area contributed by atoms with Gasteiger partial charge in [-0.05, 0) is 31.0 Å². The van der Waals surface area contributed by atoms with Crippen molar-refractivity contribution in [3.05, 3.63) is 34.4 Å². The van der Waals surface area contributed by atoms with E-state index in [1.54, 1.807) is 12.1 Å². The van der Waals surface area contributed by atoms with Gasteiger partial charge in [0.05, 0.1) is 11.1 Å². The van der Waals surface area contributed by atoms with Gasteiger partial charge in [-0.3, -0.25) is 10.1 Å². The number of nitrogens with zero attached hydrogens (tertiary/aromatic N) is 2. The second-order valence-electron chi connectivity index (χ2n) is 4.50. The predicted octanol–water partition coefficient (Wildman–Crippen LogP) is 0.963. The van der Waals surface area contributed by atoms with E-state index < -0.39 is 4.92 Å². The largest absolute Gasteiger partial charge is 0.371 e. The number of carbonyl (C=O) groups is 1. The third-order valence-corrected chi connectivity index (χ3v) is 3.32. The predicted molar refractivity (Wildman–Crippen MR) is 74.0 cm³/mol. The highest BCUT2D eigenvalue weighted by Crippen LogP contribution is 2.22. The van der Waals surface area contributed by atoms with E-state index >= 15 is 0 Å². The number of benzene rings is 1. The summed E-state index contributed by atoms with van der Waals surface area (Å²) in [6.07, 6.45) is 2.64. The summed E-state index contributed by atoms with van der Waals surface area (Å²) in [7, 11) is 1.44. The lowest BCUT2D eigenvalue weighted by Crippen LogP contribution is -2.44. The third-order valence-electron chi connectivity index (χ3n) is 3.32. The van der Waals surface area contributed by atoms with Crippen LogP contribution in [0.2, 0.25) is 0 Å². The first kappa shape index (κ1) is 13.5. The first-order chi connectivity index (χ1) is 9.20. The molecule has 1 saturated heterocycles. The van der Waals surface area contributed by atoms with Crippen LogP contribution in [0.25, 0.3) is 0 Å². The summed E-state index contributed by atoms with van der Waals surface area (Å²) in [5, 5.41) is 13.6. The van der Waals surface area contributed by atoms with Crippen molar-refractivity contribution in [3.8, 4) is 0 Å². The van der Waals surface area contributed by atoms with E-state index in [2.05, 4.69) is 10.1 Å². The zero-order valence-electron chi connectivity index (χ0n) is 10.5. The Balaban J connectivity index is 1.90. The molecule has 0 aliphatic carbocycles. The summed E-state index contributed by atoms with van der Waals surface area (Å²) in [6, 6.07) is 6.95. The topological polar surface area (TPSA) is 75.5 Å². The summed E-state index contributed by atoms with van der Waals surface area (Å²) >= 11 is 0. The molecule has 0 aromatic heterocycles. The molecule has 1 aromatic rings. The van der Waals surface area contributed by atoms with Gasteiger partial charge in [-0.1, -0.05) is 0 Å². The zero-order chi connectivity index (χ0) is 13.7. The smallest absolute Gasteiger partial charge is 0.290 e. The molecule has 1 aliphatic rings. The number of anilines is 1. The average Bonchev–Trinajstić information content (AvgIpc) is 2.46. The van der Waals surface area contributed by atoms with Gasteiger partial charge in [-0.2, -0.15) is 0 Å². The van der Waals surface area contributed by atoms with Crippen LogP contribution in [0.15, 0.2) is 24.3 Å². The molecule has 0 unspecified atom stereocenters. The Morgan fingerprint density at radius 1 is 1.32 bits per heavy atom. The van der Waals surface area contributed by atoms with E-state index in [9.17, 15) is 14.9 Å². The maximum atomic E-state index is 10.6. The summed E-state index contributed by atoms with van der Waals surface area (Å²) in [6.45, 7) is 1.75. The molecule has 1 radical (unpaired) electrons. The Kier molecular flexibility index (Phi) is 4.51. The van der Waals surface area contributed by atoms with Crippen molar-refractivity contribution in [1.29, 1.82) is 0 Å². The molecule has 1 N–H and O–H groups in total. The van der Waals surface area contributed by atoms with Gasteiger partial charge < -0.3 is 14.9 Å². The van der Waals surface area contributed by atoms with E-state index in [1.807, 2.05) is 0 Å². The van der Waals surface area contributed by atoms with Crippen molar-refractivity contribution in [2.24, 2.45) is 0 Å². The summed E-state index contributed by atoms with van der Waals surface area (Å²) in [5.41, 5.74) is 1.12. The first-order valence-corrected chi connectivity index (χ1v) is 6.23. The van der Waals surface area contributed by atoms with Crippen molar-refractivity contribution in [1.82, 2.24) is 5.23 Å². The minimum absolute atomic E-state index is 0.112. The van der Waals surface area contributed by atoms with Crippen molar-refractivity contribution in [2.45, 2.75) is 18.9 Å². The average molecular weight is 260 g/mol. The molecule has 0 spiro atoms. The highest BCUT2D eigenvalue weighted by molar-refractivity contribution is 6.64. The van der Waals surface area contributed by atoms with Crippen molar-refractivity contribution >= 4 is 25.0 Å². The van der Waals surface area contributed by atoms with Gasteiger partial charge in [-0.15, -0.1) is 0 Å². The number of non-ortho nitro benzene ring substituents is 1. The molecular formula is C12H15BN3O3. The van der Waals surface area contributed by atoms with E-state index in [1.165, 1.54) is 19.5 Å². The van der Waals surface area contributed by atoms with Crippen LogP contribution in [0, 0.1) is 10.1 Å². The third kappa shape index (κ3) is 3.54. The molecule has 0 saturated carbocycles. The number of hydrogen-bond donors (Lipinski definition) is 1. The quantitative estimate of drug-likeness (QED) is 0.369. The molecule has 1 aliphatic heterocycles. The van der Waals surface area contributed by atoms with Gasteiger partial charge in [0.15, 0.2) is 0 Å². The molecule has 6 nitrogen and oxygen atoms in total. The number of nitro benzene ring substituents is 1. The molecule has 0 amide bonds. The number of carbonyl (C=O) groups excluding carboxylic acids is 1. The Bertz CT molecular complexity index is 444. The lowest BCUT2D eigenvalue weighted by Gasteiger charge is -2.33. The molecule has 1 aromatic carbocycles. The molecule has 1 fully saturated rings. The molecule has 1 heterocycles. The molecule has 0 bridgehead atoms. The molecule has 2 rings (SSSR count). The number of nitrogens with one attached hydrogen (secondary N) is 1. The Hall–Kier alpha value is -1.89. The standard InChI is InChI=1S/C12H15BN3O3/c17-9-13-14-10-5-7-15(8-6-10)11-1-3-12(4-2-11)16(18)19/h1-4,9-10,14H,5-8H2. The van der Waals surface area contributed by atoms with Crippen LogP contribution in [0.3, 0.4) is 0 Å². The molecule has 0 atom stereocenters. The Morgan fingerprint density at radius 2 is 1.95 bits per heavy atom. The van der Waals surface area contributed by atoms with Crippen LogP contribution in [-0.2, 0) is 4.79 Å². The highest BCUT2D eigenvalue weighted by Gasteiger charge is 2.19. The minimum Gasteiger partial charge on any atom is -0.371 e. The van der Waals surface area contributed by atoms with Gasteiger partial charge >= 0.3 is 0 Å². The van der Waals surface area contributed by atoms with Crippen molar-refractivity contribution in [3.63, 3.8) is 0 Å². The van der Waals surface area contributed by atoms with Crippen LogP contribution in [0.5, 0.6) is 0 Å². The SMILES string of the molecule is O=C[B]NC1CCN(c2ccc([N+](=O)[O-])cc2)CC1. The Morgan fingerprint density at radius 3 is 2.47 bits per heavy atom. The maximum absolute atomic E-state index is 10.6. The fourth-order valence-electron chi connectivity index (χ4n) is 2.26. The molecular weight excluding hydrogens is 245 g/mol. The molecule has 7 heteroatoms. The normalized spacial score (nSPS) is 16.1. The van der Waals surface area contributed by atoms with Crippen LogP contribution in [0.4, 0.5) is 11.4 Å². The second-order valence-corrected chi connectivity index (χ2v) is 4.50. The van der Waals surface area contributed by atoms with E-state index in [-0.39, 0.29) is 5.69 Å². The highest BCUT2D eigenvalue weighted by atomic mass is 16.6. The van der Waals surface area contributed by atoms with Crippen LogP contribution in [-0.4, -0.2) is 37.7 Å². The minimum atomic E-state index is -0.394. The fourth-order valence-corrected chi connectivity index (χ4v) is 2.26. The van der Waals surface area contributed by atoms with E-state index in [0.29, 0.717) is 6.04 Å². The first-order valence-electron chi connectivity index (χ1n) is 6.23. The van der Waals surface area contributed by atoms with Gasteiger partial charge in [0, 0.05) is 30.9 Å². The fraction of sp³-hybridized carbons (Fsp3) is 0.417. The van der Waals surface area contributed by atoms with Gasteiger partial charge in [0.1, 0.15) is 0 Å². The molecule has 99 valence electrons. The monoisotopic (exact) mass is 260 g/mol. The van der Waals surface area contributed by atoms with Crippen LogP contribution in [0.1, 0.15) is 12.8 Å². The van der Waals surface area contributed by atoms with Gasteiger partial charge in [-0.25, -0.2) is 0 Å². The number of hydrogen-bond acceptors (Lipinski definition) is 5. The second kappa shape index (κ2) is 6.33. The van der Waals surface area contributed by atoms with Crippen LogP contribution >= 0.6 is 0 Å². The number of nitro groups is 1.